The number of Topliss-reactive ketones (excluding diaryl/α,β-unsaturated/α-hetero) is 1. The van der Waals surface area contributed by atoms with Gasteiger partial charge in [-0.25, -0.2) is 0 Å². The predicted molar refractivity (Wildman–Crippen MR) is 79.0 cm³/mol. The lowest BCUT2D eigenvalue weighted by molar-refractivity contribution is -0.126. The van der Waals surface area contributed by atoms with Gasteiger partial charge < -0.3 is 5.11 Å². The van der Waals surface area contributed by atoms with Crippen LogP contribution in [0.2, 0.25) is 0 Å². The van der Waals surface area contributed by atoms with Gasteiger partial charge in [-0.3, -0.25) is 4.79 Å². The number of hydrogen-bond acceptors (Lipinski definition) is 2. The number of aromatic hydroxyl groups is 1. The average molecular weight is 266 g/mol. The molecule has 2 aromatic rings. The molecule has 0 radical (unpaired) electrons. The molecular formula is C18H18O2. The second kappa shape index (κ2) is 3.85. The zero-order valence-corrected chi connectivity index (χ0v) is 11.6. The van der Waals surface area contributed by atoms with Crippen molar-refractivity contribution in [1.29, 1.82) is 0 Å². The summed E-state index contributed by atoms with van der Waals surface area (Å²) in [6, 6.07) is 9.96. The fourth-order valence-corrected chi connectivity index (χ4v) is 4.30. The third-order valence-corrected chi connectivity index (χ3v) is 5.50. The van der Waals surface area contributed by atoms with Gasteiger partial charge in [-0.2, -0.15) is 0 Å². The molecule has 0 heterocycles. The van der Waals surface area contributed by atoms with E-state index in [-0.39, 0.29) is 11.3 Å². The van der Waals surface area contributed by atoms with Gasteiger partial charge in [-0.05, 0) is 47.8 Å². The van der Waals surface area contributed by atoms with Crippen LogP contribution in [-0.4, -0.2) is 10.9 Å². The third-order valence-electron chi connectivity index (χ3n) is 5.50. The molecule has 1 N–H and O–H groups in total. The summed E-state index contributed by atoms with van der Waals surface area (Å²) in [4.78, 5) is 12.2. The maximum Gasteiger partial charge on any atom is 0.139 e. The highest BCUT2D eigenvalue weighted by molar-refractivity contribution is 5.94. The highest BCUT2D eigenvalue weighted by Crippen LogP contribution is 2.55. The Bertz CT molecular complexity index is 732. The Labute approximate surface area is 118 Å². The van der Waals surface area contributed by atoms with Crippen LogP contribution in [0.15, 0.2) is 30.3 Å². The van der Waals surface area contributed by atoms with Gasteiger partial charge in [0.15, 0.2) is 0 Å². The predicted octanol–water partition coefficient (Wildman–Crippen LogP) is 3.94. The fourth-order valence-electron chi connectivity index (χ4n) is 4.30. The topological polar surface area (TPSA) is 37.3 Å². The summed E-state index contributed by atoms with van der Waals surface area (Å²) < 4.78 is 0. The molecule has 2 aromatic carbocycles. The third kappa shape index (κ3) is 1.37. The van der Waals surface area contributed by atoms with E-state index in [9.17, 15) is 9.90 Å². The molecule has 102 valence electrons. The van der Waals surface area contributed by atoms with Crippen molar-refractivity contribution in [2.45, 2.75) is 38.5 Å². The number of fused-ring (bicyclic) bond motifs is 5. The number of phenols is 1. The number of benzene rings is 2. The largest absolute Gasteiger partial charge is 0.507 e. The van der Waals surface area contributed by atoms with Crippen molar-refractivity contribution in [2.75, 3.05) is 0 Å². The van der Waals surface area contributed by atoms with Gasteiger partial charge >= 0.3 is 0 Å². The van der Waals surface area contributed by atoms with Crippen LogP contribution in [-0.2, 0) is 11.2 Å². The lowest BCUT2D eigenvalue weighted by Crippen LogP contribution is -2.32. The summed E-state index contributed by atoms with van der Waals surface area (Å²) in [5.74, 6) is 1.04. The van der Waals surface area contributed by atoms with Crippen molar-refractivity contribution in [2.24, 2.45) is 5.41 Å². The standard InChI is InChI=1S/C18H18O2/c1-18-9-8-12-11-4-2-3-5-13(11)16(19)10-14(12)15(18)6-7-17(18)20/h2-5,10,15,19H,6-9H2,1H3. The normalized spacial score (nSPS) is 28.4. The lowest BCUT2D eigenvalue weighted by atomic mass is 9.66. The van der Waals surface area contributed by atoms with E-state index in [2.05, 4.69) is 13.0 Å². The van der Waals surface area contributed by atoms with E-state index in [0.717, 1.165) is 30.0 Å². The van der Waals surface area contributed by atoms with Crippen molar-refractivity contribution in [1.82, 2.24) is 0 Å². The van der Waals surface area contributed by atoms with Gasteiger partial charge in [0.2, 0.25) is 0 Å². The van der Waals surface area contributed by atoms with E-state index in [0.29, 0.717) is 18.0 Å². The van der Waals surface area contributed by atoms with Crippen LogP contribution in [0, 0.1) is 5.41 Å². The quantitative estimate of drug-likeness (QED) is 0.784. The summed E-state index contributed by atoms with van der Waals surface area (Å²) in [5.41, 5.74) is 2.35. The van der Waals surface area contributed by atoms with Crippen LogP contribution in [0.25, 0.3) is 10.8 Å². The van der Waals surface area contributed by atoms with Gasteiger partial charge in [0.25, 0.3) is 0 Å². The van der Waals surface area contributed by atoms with Crippen molar-refractivity contribution in [3.8, 4) is 5.75 Å². The SMILES string of the molecule is CC12CCc3c(cc(O)c4ccccc34)C1CCC2=O. The second-order valence-electron chi connectivity index (χ2n) is 6.44. The van der Waals surface area contributed by atoms with E-state index in [4.69, 9.17) is 0 Å². The molecule has 4 rings (SSSR count). The molecule has 0 amide bonds. The van der Waals surface area contributed by atoms with Crippen LogP contribution in [0.3, 0.4) is 0 Å². The highest BCUT2D eigenvalue weighted by atomic mass is 16.3. The highest BCUT2D eigenvalue weighted by Gasteiger charge is 2.49. The Morgan fingerprint density at radius 3 is 2.75 bits per heavy atom. The molecule has 0 bridgehead atoms. The number of aryl methyl sites for hydroxylation is 1. The van der Waals surface area contributed by atoms with Crippen LogP contribution < -0.4 is 0 Å². The van der Waals surface area contributed by atoms with Gasteiger partial charge in [0.1, 0.15) is 11.5 Å². The number of hydrogen-bond donors (Lipinski definition) is 1. The van der Waals surface area contributed by atoms with E-state index < -0.39 is 0 Å². The van der Waals surface area contributed by atoms with E-state index in [1.54, 1.807) is 0 Å². The number of carbonyl (C=O) groups excluding carboxylic acids is 1. The van der Waals surface area contributed by atoms with Crippen LogP contribution in [0.5, 0.6) is 5.75 Å². The average Bonchev–Trinajstić information content (AvgIpc) is 2.76. The summed E-state index contributed by atoms with van der Waals surface area (Å²) in [5, 5.41) is 12.4. The minimum atomic E-state index is -0.206. The monoisotopic (exact) mass is 266 g/mol. The van der Waals surface area contributed by atoms with Crippen molar-refractivity contribution in [3.05, 3.63) is 41.5 Å². The molecule has 0 saturated heterocycles. The molecule has 0 spiro atoms. The lowest BCUT2D eigenvalue weighted by Gasteiger charge is -2.37. The first-order valence-electron chi connectivity index (χ1n) is 7.38. The molecule has 2 unspecified atom stereocenters. The summed E-state index contributed by atoms with van der Waals surface area (Å²) in [6.07, 6.45) is 3.50. The molecule has 2 heteroatoms. The Hall–Kier alpha value is -1.83. The van der Waals surface area contributed by atoms with E-state index in [1.807, 2.05) is 24.3 Å². The fraction of sp³-hybridized carbons (Fsp3) is 0.389. The zero-order chi connectivity index (χ0) is 13.9. The molecule has 2 aliphatic carbocycles. The van der Waals surface area contributed by atoms with Crippen molar-refractivity contribution in [3.63, 3.8) is 0 Å². The maximum atomic E-state index is 12.2. The maximum absolute atomic E-state index is 12.2. The molecule has 2 aliphatic rings. The van der Waals surface area contributed by atoms with Crippen LogP contribution in [0.1, 0.15) is 43.2 Å². The van der Waals surface area contributed by atoms with Gasteiger partial charge in [0, 0.05) is 17.2 Å². The van der Waals surface area contributed by atoms with Gasteiger partial charge in [0.05, 0.1) is 0 Å². The first kappa shape index (κ1) is 12.0. The first-order chi connectivity index (χ1) is 9.61. The molecular weight excluding hydrogens is 248 g/mol. The summed E-state index contributed by atoms with van der Waals surface area (Å²) >= 11 is 0. The second-order valence-corrected chi connectivity index (χ2v) is 6.44. The van der Waals surface area contributed by atoms with Crippen molar-refractivity contribution < 1.29 is 9.90 Å². The Morgan fingerprint density at radius 2 is 1.95 bits per heavy atom. The number of rotatable bonds is 0. The molecule has 1 saturated carbocycles. The first-order valence-corrected chi connectivity index (χ1v) is 7.38. The van der Waals surface area contributed by atoms with E-state index >= 15 is 0 Å². The van der Waals surface area contributed by atoms with Gasteiger partial charge in [-0.15, -0.1) is 0 Å². The molecule has 1 fully saturated rings. The number of phenolic OH excluding ortho intramolecular Hbond substituents is 1. The molecule has 0 aliphatic heterocycles. The minimum Gasteiger partial charge on any atom is -0.507 e. The van der Waals surface area contributed by atoms with Crippen LogP contribution >= 0.6 is 0 Å². The Morgan fingerprint density at radius 1 is 1.20 bits per heavy atom. The minimum absolute atomic E-state index is 0.206. The van der Waals surface area contributed by atoms with Crippen LogP contribution in [0.4, 0.5) is 0 Å². The summed E-state index contributed by atoms with van der Waals surface area (Å²) in [6.45, 7) is 2.11. The Kier molecular flexibility index (Phi) is 2.30. The molecule has 2 nitrogen and oxygen atoms in total. The van der Waals surface area contributed by atoms with E-state index in [1.165, 1.54) is 11.1 Å². The molecule has 2 atom stereocenters. The smallest absolute Gasteiger partial charge is 0.139 e. The number of carbonyl (C=O) groups is 1. The molecule has 0 aromatic heterocycles. The van der Waals surface area contributed by atoms with Crippen molar-refractivity contribution >= 4 is 16.6 Å². The zero-order valence-electron chi connectivity index (χ0n) is 11.6. The Balaban J connectivity index is 2.01. The molecule has 20 heavy (non-hydrogen) atoms. The number of ketones is 1. The summed E-state index contributed by atoms with van der Waals surface area (Å²) in [7, 11) is 0. The van der Waals surface area contributed by atoms with Gasteiger partial charge in [-0.1, -0.05) is 31.2 Å².